The van der Waals surface area contributed by atoms with Gasteiger partial charge in [0.25, 0.3) is 0 Å². The fraction of sp³-hybridized carbons (Fsp3) is 0.684. The van der Waals surface area contributed by atoms with E-state index in [4.69, 9.17) is 9.84 Å². The number of aliphatic hydroxyl groups excluding tert-OH is 1. The highest BCUT2D eigenvalue weighted by Crippen LogP contribution is 2.50. The molecule has 0 aliphatic heterocycles. The third-order valence-electron chi connectivity index (χ3n) is 4.87. The molecule has 0 saturated carbocycles. The van der Waals surface area contributed by atoms with Gasteiger partial charge < -0.3 is 14.9 Å². The predicted molar refractivity (Wildman–Crippen MR) is 92.4 cm³/mol. The molecule has 136 valence electrons. The highest BCUT2D eigenvalue weighted by molar-refractivity contribution is 5.90. The summed E-state index contributed by atoms with van der Waals surface area (Å²) in [6.07, 6.45) is 2.52. The van der Waals surface area contributed by atoms with Crippen molar-refractivity contribution in [1.82, 2.24) is 0 Å². The van der Waals surface area contributed by atoms with Gasteiger partial charge >= 0.3 is 11.9 Å². The normalized spacial score (nSPS) is 24.9. The summed E-state index contributed by atoms with van der Waals surface area (Å²) in [7, 11) is 0. The molecule has 2 unspecified atom stereocenters. The van der Waals surface area contributed by atoms with Gasteiger partial charge in [-0.2, -0.15) is 0 Å². The summed E-state index contributed by atoms with van der Waals surface area (Å²) in [5, 5.41) is 19.6. The summed E-state index contributed by atoms with van der Waals surface area (Å²) in [5.74, 6) is -1.98. The van der Waals surface area contributed by atoms with Crippen molar-refractivity contribution in [2.24, 2.45) is 16.2 Å². The van der Waals surface area contributed by atoms with Gasteiger partial charge in [-0.25, -0.2) is 0 Å². The third-order valence-corrected chi connectivity index (χ3v) is 4.87. The summed E-state index contributed by atoms with van der Waals surface area (Å²) >= 11 is 0. The standard InChI is InChI=1S/C19H30O5/c1-17(2,3)13-8-12(11-24-15(22)9-14(20)21)10-19(7,16(13)23)18(4,5)6/h8,10,16,23H,9,11H2,1-7H3,(H,20,21). The zero-order valence-corrected chi connectivity index (χ0v) is 15.8. The van der Waals surface area contributed by atoms with E-state index >= 15 is 0 Å². The van der Waals surface area contributed by atoms with Crippen molar-refractivity contribution < 1.29 is 24.5 Å². The van der Waals surface area contributed by atoms with E-state index in [1.54, 1.807) is 0 Å². The second-order valence-electron chi connectivity index (χ2n) is 8.74. The molecule has 24 heavy (non-hydrogen) atoms. The Bertz CT molecular complexity index is 572. The van der Waals surface area contributed by atoms with Gasteiger partial charge in [-0.3, -0.25) is 9.59 Å². The van der Waals surface area contributed by atoms with Crippen molar-refractivity contribution in [3.8, 4) is 0 Å². The van der Waals surface area contributed by atoms with Crippen LogP contribution < -0.4 is 0 Å². The first kappa shape index (κ1) is 20.4. The molecule has 2 N–H and O–H groups in total. The zero-order chi connectivity index (χ0) is 18.9. The van der Waals surface area contributed by atoms with Crippen molar-refractivity contribution in [3.63, 3.8) is 0 Å². The van der Waals surface area contributed by atoms with E-state index < -0.39 is 29.9 Å². The van der Waals surface area contributed by atoms with E-state index in [0.717, 1.165) is 11.1 Å². The number of carboxylic acids is 1. The van der Waals surface area contributed by atoms with Gasteiger partial charge in [0, 0.05) is 5.41 Å². The van der Waals surface area contributed by atoms with Crippen LogP contribution >= 0.6 is 0 Å². The van der Waals surface area contributed by atoms with Crippen LogP contribution in [0.15, 0.2) is 23.3 Å². The van der Waals surface area contributed by atoms with E-state index in [2.05, 4.69) is 20.8 Å². The molecule has 0 heterocycles. The van der Waals surface area contributed by atoms with E-state index in [0.29, 0.717) is 0 Å². The molecule has 0 aromatic carbocycles. The van der Waals surface area contributed by atoms with Gasteiger partial charge in [-0.15, -0.1) is 0 Å². The van der Waals surface area contributed by atoms with E-state index in [-0.39, 0.29) is 17.4 Å². The molecule has 0 amide bonds. The SMILES string of the molecule is CC(C)(C)C1=CC(COC(=O)CC(=O)O)=CC(C)(C(C)(C)C)C1O. The Balaban J connectivity index is 3.16. The number of hydrogen-bond donors (Lipinski definition) is 2. The smallest absolute Gasteiger partial charge is 0.317 e. The van der Waals surface area contributed by atoms with Crippen molar-refractivity contribution >= 4 is 11.9 Å². The fourth-order valence-electron chi connectivity index (χ4n) is 2.78. The number of aliphatic hydroxyl groups is 1. The first-order valence-electron chi connectivity index (χ1n) is 8.18. The van der Waals surface area contributed by atoms with Gasteiger partial charge in [0.15, 0.2) is 0 Å². The van der Waals surface area contributed by atoms with Crippen LogP contribution in [0.1, 0.15) is 54.9 Å². The van der Waals surface area contributed by atoms with E-state index in [1.165, 1.54) is 0 Å². The summed E-state index contributed by atoms with van der Waals surface area (Å²) in [6, 6.07) is 0. The minimum absolute atomic E-state index is 0.00405. The zero-order valence-electron chi connectivity index (χ0n) is 15.8. The lowest BCUT2D eigenvalue weighted by molar-refractivity contribution is -0.150. The topological polar surface area (TPSA) is 83.8 Å². The summed E-state index contributed by atoms with van der Waals surface area (Å²) < 4.78 is 5.08. The Kier molecular flexibility index (Phi) is 5.71. The summed E-state index contributed by atoms with van der Waals surface area (Å²) in [4.78, 5) is 22.1. The fourth-order valence-corrected chi connectivity index (χ4v) is 2.78. The summed E-state index contributed by atoms with van der Waals surface area (Å²) in [6.45, 7) is 14.3. The minimum atomic E-state index is -1.21. The Morgan fingerprint density at radius 3 is 2.17 bits per heavy atom. The monoisotopic (exact) mass is 338 g/mol. The van der Waals surface area contributed by atoms with Crippen molar-refractivity contribution in [2.45, 2.75) is 61.0 Å². The maximum Gasteiger partial charge on any atom is 0.317 e. The molecule has 0 aromatic heterocycles. The molecule has 1 aliphatic carbocycles. The van der Waals surface area contributed by atoms with Crippen LogP contribution in [0.5, 0.6) is 0 Å². The number of carbonyl (C=O) groups excluding carboxylic acids is 1. The number of aliphatic carboxylic acids is 1. The molecule has 5 nitrogen and oxygen atoms in total. The lowest BCUT2D eigenvalue weighted by atomic mass is 9.58. The molecule has 5 heteroatoms. The second kappa shape index (κ2) is 6.71. The highest BCUT2D eigenvalue weighted by Gasteiger charge is 2.47. The van der Waals surface area contributed by atoms with Gasteiger partial charge in [0.2, 0.25) is 0 Å². The first-order chi connectivity index (χ1) is 10.7. The highest BCUT2D eigenvalue weighted by atomic mass is 16.5. The van der Waals surface area contributed by atoms with E-state index in [9.17, 15) is 14.7 Å². The number of carboxylic acid groups (broad SMARTS) is 1. The first-order valence-corrected chi connectivity index (χ1v) is 8.18. The van der Waals surface area contributed by atoms with Gasteiger partial charge in [0.1, 0.15) is 13.0 Å². The van der Waals surface area contributed by atoms with Gasteiger partial charge in [0.05, 0.1) is 6.10 Å². The molecule has 1 aliphatic rings. The molecular formula is C19H30O5. The Labute approximate surface area is 144 Å². The lowest BCUT2D eigenvalue weighted by Gasteiger charge is -2.49. The Morgan fingerprint density at radius 2 is 1.75 bits per heavy atom. The van der Waals surface area contributed by atoms with Crippen molar-refractivity contribution in [1.29, 1.82) is 0 Å². The van der Waals surface area contributed by atoms with Crippen molar-refractivity contribution in [3.05, 3.63) is 23.3 Å². The number of hydrogen-bond acceptors (Lipinski definition) is 4. The number of rotatable bonds is 4. The molecule has 0 aromatic rings. The van der Waals surface area contributed by atoms with Crippen LogP contribution in [0.4, 0.5) is 0 Å². The number of ether oxygens (including phenoxy) is 1. The Morgan fingerprint density at radius 1 is 1.21 bits per heavy atom. The molecule has 0 fully saturated rings. The lowest BCUT2D eigenvalue weighted by Crippen LogP contribution is -2.47. The largest absolute Gasteiger partial charge is 0.481 e. The van der Waals surface area contributed by atoms with Crippen LogP contribution in [0.3, 0.4) is 0 Å². The molecule has 2 atom stereocenters. The number of esters is 1. The van der Waals surface area contributed by atoms with E-state index in [1.807, 2.05) is 39.8 Å². The molecular weight excluding hydrogens is 308 g/mol. The average Bonchev–Trinajstić information content (AvgIpc) is 2.36. The maximum absolute atomic E-state index is 11.5. The third kappa shape index (κ3) is 4.47. The molecule has 0 saturated heterocycles. The van der Waals surface area contributed by atoms with Crippen molar-refractivity contribution in [2.75, 3.05) is 6.61 Å². The minimum Gasteiger partial charge on any atom is -0.481 e. The van der Waals surface area contributed by atoms with Crippen LogP contribution in [0.25, 0.3) is 0 Å². The second-order valence-corrected chi connectivity index (χ2v) is 8.74. The quantitative estimate of drug-likeness (QED) is 0.607. The molecule has 0 spiro atoms. The van der Waals surface area contributed by atoms with Crippen LogP contribution in [-0.2, 0) is 14.3 Å². The maximum atomic E-state index is 11.5. The summed E-state index contributed by atoms with van der Waals surface area (Å²) in [5.41, 5.74) is 0.677. The van der Waals surface area contributed by atoms with Crippen LogP contribution in [0.2, 0.25) is 0 Å². The molecule has 0 radical (unpaired) electrons. The van der Waals surface area contributed by atoms with Gasteiger partial charge in [-0.05, 0) is 22.0 Å². The van der Waals surface area contributed by atoms with Crippen LogP contribution in [-0.4, -0.2) is 34.9 Å². The Hall–Kier alpha value is -1.62. The molecule has 1 rings (SSSR count). The van der Waals surface area contributed by atoms with Crippen LogP contribution in [0, 0.1) is 16.2 Å². The van der Waals surface area contributed by atoms with Gasteiger partial charge in [-0.1, -0.05) is 60.6 Å². The number of carbonyl (C=O) groups is 2. The molecule has 0 bridgehead atoms. The predicted octanol–water partition coefficient (Wildman–Crippen LogP) is 3.33. The average molecular weight is 338 g/mol.